The number of nitrogens with zero attached hydrogens (tertiary/aromatic N) is 5. The smallest absolute Gasteiger partial charge is 0.243 e. The van der Waals surface area contributed by atoms with Crippen LogP contribution in [0.15, 0.2) is 84.1 Å². The molecule has 1 saturated heterocycles. The molecule has 37 heavy (non-hydrogen) atoms. The molecule has 0 amide bonds. The van der Waals surface area contributed by atoms with Crippen molar-refractivity contribution in [1.29, 1.82) is 0 Å². The Morgan fingerprint density at radius 2 is 1.92 bits per heavy atom. The van der Waals surface area contributed by atoms with Crippen LogP contribution in [-0.4, -0.2) is 53.2 Å². The minimum atomic E-state index is -3.66. The first-order chi connectivity index (χ1) is 18.0. The molecular formula is C27H27BN6O2S. The molecule has 0 radical (unpaired) electrons. The quantitative estimate of drug-likeness (QED) is 0.353. The summed E-state index contributed by atoms with van der Waals surface area (Å²) in [5.74, 6) is 0.808. The fraction of sp³-hybridized carbons (Fsp3) is 0.222. The van der Waals surface area contributed by atoms with Crippen LogP contribution >= 0.6 is 0 Å². The molecule has 4 heterocycles. The van der Waals surface area contributed by atoms with Crippen LogP contribution in [0.2, 0.25) is 0 Å². The Bertz CT molecular complexity index is 1680. The van der Waals surface area contributed by atoms with Crippen molar-refractivity contribution in [2.45, 2.75) is 30.2 Å². The van der Waals surface area contributed by atoms with E-state index in [1.54, 1.807) is 22.8 Å². The zero-order chi connectivity index (χ0) is 25.4. The lowest BCUT2D eigenvalue weighted by atomic mass is 9.95. The molecule has 8 nitrogen and oxygen atoms in total. The van der Waals surface area contributed by atoms with Gasteiger partial charge in [0.25, 0.3) is 0 Å². The number of hydrogen-bond donors (Lipinski definition) is 1. The lowest BCUT2D eigenvalue weighted by Gasteiger charge is -2.32. The third-order valence-electron chi connectivity index (χ3n) is 7.03. The molecule has 1 fully saturated rings. The van der Waals surface area contributed by atoms with Gasteiger partial charge in [-0.2, -0.15) is 13.9 Å². The standard InChI is InChI=1S/C27H27BN6O2S/c28-23-17-31-34-26(30-16-19-6-4-12-29-15-19)14-24(32-27(23)34)21-9-5-13-33(18-21)37(35,36)25-11-3-8-20-7-1-2-10-22(20)25/h1-4,6-8,10-12,14-15,17,21,30H,5,9,13,16,18,28H2. The number of fused-ring (bicyclic) bond motifs is 2. The molecule has 5 aromatic rings. The SMILES string of the molecule is Bc1cnn2c(NCc3cccnc3)cc(C3CCCN(S(=O)(=O)c4cccc5ccccc45)C3)nc12. The summed E-state index contributed by atoms with van der Waals surface area (Å²) in [7, 11) is -1.67. The minimum Gasteiger partial charge on any atom is -0.366 e. The van der Waals surface area contributed by atoms with Gasteiger partial charge in [-0.1, -0.05) is 42.5 Å². The lowest BCUT2D eigenvalue weighted by Crippen LogP contribution is -2.39. The lowest BCUT2D eigenvalue weighted by molar-refractivity contribution is 0.313. The number of piperidine rings is 1. The molecule has 3 aromatic heterocycles. The average molecular weight is 510 g/mol. The van der Waals surface area contributed by atoms with Crippen LogP contribution in [-0.2, 0) is 16.6 Å². The Kier molecular flexibility index (Phi) is 6.14. The molecule has 6 rings (SSSR count). The van der Waals surface area contributed by atoms with Crippen molar-refractivity contribution in [3.05, 3.63) is 90.5 Å². The molecule has 0 spiro atoms. The summed E-state index contributed by atoms with van der Waals surface area (Å²) in [6, 6.07) is 19.0. The Hall–Kier alpha value is -3.76. The molecule has 1 N–H and O–H groups in total. The van der Waals surface area contributed by atoms with Crippen LogP contribution in [0, 0.1) is 0 Å². The number of nitrogens with one attached hydrogen (secondary N) is 1. The van der Waals surface area contributed by atoms with Crippen LogP contribution in [0.5, 0.6) is 0 Å². The van der Waals surface area contributed by atoms with E-state index in [4.69, 9.17) is 4.98 Å². The van der Waals surface area contributed by atoms with Crippen molar-refractivity contribution in [2.24, 2.45) is 0 Å². The first-order valence-corrected chi connectivity index (χ1v) is 13.9. The maximum Gasteiger partial charge on any atom is 0.243 e. The van der Waals surface area contributed by atoms with Crippen molar-refractivity contribution in [3.63, 3.8) is 0 Å². The Morgan fingerprint density at radius 3 is 2.78 bits per heavy atom. The third-order valence-corrected chi connectivity index (χ3v) is 8.96. The predicted octanol–water partition coefficient (Wildman–Crippen LogP) is 2.72. The van der Waals surface area contributed by atoms with Crippen LogP contribution in [0.4, 0.5) is 5.82 Å². The molecule has 0 aliphatic carbocycles. The van der Waals surface area contributed by atoms with E-state index in [0.29, 0.717) is 24.5 Å². The first kappa shape index (κ1) is 23.6. The summed E-state index contributed by atoms with van der Waals surface area (Å²) in [6.45, 7) is 1.49. The third kappa shape index (κ3) is 4.47. The van der Waals surface area contributed by atoms with Gasteiger partial charge in [0.2, 0.25) is 10.0 Å². The number of sulfonamides is 1. The van der Waals surface area contributed by atoms with Gasteiger partial charge in [-0.15, -0.1) is 0 Å². The normalized spacial score (nSPS) is 16.8. The number of pyridine rings is 1. The maximum atomic E-state index is 13.8. The fourth-order valence-electron chi connectivity index (χ4n) is 5.08. The number of anilines is 1. The van der Waals surface area contributed by atoms with Gasteiger partial charge in [0, 0.05) is 55.6 Å². The number of aromatic nitrogens is 4. The van der Waals surface area contributed by atoms with Gasteiger partial charge in [-0.05, 0) is 41.4 Å². The van der Waals surface area contributed by atoms with E-state index >= 15 is 0 Å². The molecule has 1 aliphatic rings. The Labute approximate surface area is 216 Å². The molecular weight excluding hydrogens is 483 g/mol. The number of benzene rings is 2. The van der Waals surface area contributed by atoms with Gasteiger partial charge in [0.05, 0.1) is 10.6 Å². The molecule has 1 atom stereocenters. The monoisotopic (exact) mass is 510 g/mol. The largest absolute Gasteiger partial charge is 0.366 e. The van der Waals surface area contributed by atoms with Crippen molar-refractivity contribution in [3.8, 4) is 0 Å². The summed E-state index contributed by atoms with van der Waals surface area (Å²) < 4.78 is 31.0. The second kappa shape index (κ2) is 9.61. The van der Waals surface area contributed by atoms with Gasteiger partial charge in [0.15, 0.2) is 5.65 Å². The van der Waals surface area contributed by atoms with Crippen LogP contribution in [0.3, 0.4) is 0 Å². The van der Waals surface area contributed by atoms with Crippen molar-refractivity contribution < 1.29 is 8.42 Å². The highest BCUT2D eigenvalue weighted by atomic mass is 32.2. The summed E-state index contributed by atoms with van der Waals surface area (Å²) in [5.41, 5.74) is 3.69. The summed E-state index contributed by atoms with van der Waals surface area (Å²) in [5, 5.41) is 9.66. The van der Waals surface area contributed by atoms with E-state index in [2.05, 4.69) is 15.4 Å². The van der Waals surface area contributed by atoms with E-state index in [-0.39, 0.29) is 5.92 Å². The van der Waals surface area contributed by atoms with Gasteiger partial charge in [-0.25, -0.2) is 13.4 Å². The van der Waals surface area contributed by atoms with Crippen LogP contribution in [0.1, 0.15) is 30.0 Å². The number of rotatable bonds is 6. The second-order valence-corrected chi connectivity index (χ2v) is 11.4. The number of hydrogen-bond acceptors (Lipinski definition) is 6. The molecule has 186 valence electrons. The van der Waals surface area contributed by atoms with E-state index in [1.807, 2.05) is 73.2 Å². The summed E-state index contributed by atoms with van der Waals surface area (Å²) in [4.78, 5) is 9.49. The average Bonchev–Trinajstić information content (AvgIpc) is 3.32. The highest BCUT2D eigenvalue weighted by Gasteiger charge is 2.33. The molecule has 2 aromatic carbocycles. The molecule has 1 unspecified atom stereocenters. The zero-order valence-corrected chi connectivity index (χ0v) is 21.4. The highest BCUT2D eigenvalue weighted by Crippen LogP contribution is 2.33. The molecule has 0 saturated carbocycles. The summed E-state index contributed by atoms with van der Waals surface area (Å²) >= 11 is 0. The summed E-state index contributed by atoms with van der Waals surface area (Å²) in [6.07, 6.45) is 7.04. The second-order valence-electron chi connectivity index (χ2n) is 9.52. The molecule has 1 aliphatic heterocycles. The van der Waals surface area contributed by atoms with Gasteiger partial charge in [-0.3, -0.25) is 4.98 Å². The van der Waals surface area contributed by atoms with Crippen LogP contribution in [0.25, 0.3) is 16.4 Å². The maximum absolute atomic E-state index is 13.8. The van der Waals surface area contributed by atoms with Crippen molar-refractivity contribution in [1.82, 2.24) is 23.9 Å². The topological polar surface area (TPSA) is 92.5 Å². The van der Waals surface area contributed by atoms with Gasteiger partial charge >= 0.3 is 0 Å². The van der Waals surface area contributed by atoms with E-state index in [1.165, 1.54) is 0 Å². The Balaban J connectivity index is 1.32. The highest BCUT2D eigenvalue weighted by molar-refractivity contribution is 7.89. The first-order valence-electron chi connectivity index (χ1n) is 12.5. The predicted molar refractivity (Wildman–Crippen MR) is 147 cm³/mol. The zero-order valence-electron chi connectivity index (χ0n) is 20.6. The van der Waals surface area contributed by atoms with Gasteiger partial charge < -0.3 is 5.32 Å². The van der Waals surface area contributed by atoms with Crippen LogP contribution < -0.4 is 10.8 Å². The van der Waals surface area contributed by atoms with E-state index < -0.39 is 10.0 Å². The van der Waals surface area contributed by atoms with Crippen molar-refractivity contribution >= 4 is 45.6 Å². The van der Waals surface area contributed by atoms with Gasteiger partial charge in [0.1, 0.15) is 13.7 Å². The van der Waals surface area contributed by atoms with E-state index in [9.17, 15) is 8.42 Å². The van der Waals surface area contributed by atoms with E-state index in [0.717, 1.165) is 51.8 Å². The molecule has 0 bridgehead atoms. The van der Waals surface area contributed by atoms with Crippen molar-refractivity contribution in [2.75, 3.05) is 18.4 Å². The minimum absolute atomic E-state index is 0.0169. The Morgan fingerprint density at radius 1 is 1.05 bits per heavy atom. The molecule has 10 heteroatoms. The fourth-order valence-corrected chi connectivity index (χ4v) is 6.82.